The Morgan fingerprint density at radius 2 is 1.43 bits per heavy atom. The van der Waals surface area contributed by atoms with E-state index in [1.165, 1.54) is 42.1 Å². The summed E-state index contributed by atoms with van der Waals surface area (Å²) in [6.45, 7) is 0. The van der Waals surface area contributed by atoms with Gasteiger partial charge in [0.15, 0.2) is 0 Å². The molecule has 5 aromatic carbocycles. The number of hydrogen-bond acceptors (Lipinski definition) is 6. The molecule has 0 spiro atoms. The first-order valence-electron chi connectivity index (χ1n) is 14.3. The Labute approximate surface area is 279 Å². The van der Waals surface area contributed by atoms with E-state index in [1.807, 2.05) is 36.4 Å². The molecule has 0 bridgehead atoms. The Morgan fingerprint density at radius 1 is 0.766 bits per heavy atom. The Bertz CT molecular complexity index is 1940. The zero-order valence-corrected chi connectivity index (χ0v) is 26.2. The number of non-ortho nitro benzene ring substituents is 1. The van der Waals surface area contributed by atoms with Crippen molar-refractivity contribution in [2.45, 2.75) is 10.1 Å². The summed E-state index contributed by atoms with van der Waals surface area (Å²) in [7, 11) is 0. The lowest BCUT2D eigenvalue weighted by molar-refractivity contribution is -0.384. The highest BCUT2D eigenvalue weighted by Gasteiger charge is 2.23. The summed E-state index contributed by atoms with van der Waals surface area (Å²) in [4.78, 5) is 51.4. The van der Waals surface area contributed by atoms with E-state index < -0.39 is 22.0 Å². The fourth-order valence-corrected chi connectivity index (χ4v) is 5.71. The monoisotopic (exact) mass is 662 g/mol. The Hall–Kier alpha value is -5.71. The average molecular weight is 663 g/mol. The lowest BCUT2D eigenvalue weighted by Crippen LogP contribution is -2.30. The van der Waals surface area contributed by atoms with Gasteiger partial charge in [-0.1, -0.05) is 78.3 Å². The minimum Gasteiger partial charge on any atom is -0.323 e. The largest absolute Gasteiger partial charge is 0.323 e. The molecule has 0 saturated carbocycles. The SMILES string of the molecule is O=C(Nc1cccc(SC(C(=O)Nc2ccccc2Cl)c2ccccc2)c1)/C(=C\c1ccc([N+](=O)[O-])cc1)NC(=O)c1ccccc1. The molecule has 11 heteroatoms. The average Bonchev–Trinajstić information content (AvgIpc) is 3.09. The second-order valence-corrected chi connectivity index (χ2v) is 11.7. The first-order valence-corrected chi connectivity index (χ1v) is 15.5. The minimum atomic E-state index is -0.652. The summed E-state index contributed by atoms with van der Waals surface area (Å²) in [6.07, 6.45) is 1.43. The molecule has 0 saturated heterocycles. The second-order valence-electron chi connectivity index (χ2n) is 10.1. The predicted octanol–water partition coefficient (Wildman–Crippen LogP) is 8.13. The number of thioether (sulfide) groups is 1. The van der Waals surface area contributed by atoms with Gasteiger partial charge in [0, 0.05) is 28.3 Å². The summed E-state index contributed by atoms with van der Waals surface area (Å²) >= 11 is 7.58. The van der Waals surface area contributed by atoms with Crippen molar-refractivity contribution in [2.24, 2.45) is 0 Å². The number of benzene rings is 5. The van der Waals surface area contributed by atoms with Crippen LogP contribution in [0.1, 0.15) is 26.7 Å². The lowest BCUT2D eigenvalue weighted by atomic mass is 10.1. The van der Waals surface area contributed by atoms with Crippen molar-refractivity contribution in [3.63, 3.8) is 0 Å². The number of nitro benzene ring substituents is 1. The molecule has 5 rings (SSSR count). The number of amides is 3. The number of carbonyl (C=O) groups is 3. The molecule has 0 aliphatic rings. The fourth-order valence-electron chi connectivity index (χ4n) is 4.44. The molecule has 0 heterocycles. The molecule has 3 N–H and O–H groups in total. The van der Waals surface area contributed by atoms with Crippen molar-refractivity contribution in [2.75, 3.05) is 10.6 Å². The van der Waals surface area contributed by atoms with Crippen LogP contribution < -0.4 is 16.0 Å². The number of halogens is 1. The number of carbonyl (C=O) groups excluding carboxylic acids is 3. The van der Waals surface area contributed by atoms with Crippen LogP contribution >= 0.6 is 23.4 Å². The Balaban J connectivity index is 1.38. The number of nitro groups is 1. The van der Waals surface area contributed by atoms with Gasteiger partial charge in [0.1, 0.15) is 10.9 Å². The molecule has 234 valence electrons. The van der Waals surface area contributed by atoms with Gasteiger partial charge < -0.3 is 16.0 Å². The zero-order chi connectivity index (χ0) is 33.2. The number of nitrogens with zero attached hydrogens (tertiary/aromatic N) is 1. The maximum Gasteiger partial charge on any atom is 0.272 e. The van der Waals surface area contributed by atoms with Crippen LogP contribution in [-0.4, -0.2) is 22.6 Å². The van der Waals surface area contributed by atoms with Gasteiger partial charge in [-0.05, 0) is 71.8 Å². The molecule has 0 aromatic heterocycles. The van der Waals surface area contributed by atoms with Crippen molar-refractivity contribution in [1.82, 2.24) is 5.32 Å². The van der Waals surface area contributed by atoms with Gasteiger partial charge in [-0.2, -0.15) is 0 Å². The number of rotatable bonds is 11. The van der Waals surface area contributed by atoms with Gasteiger partial charge in [0.25, 0.3) is 17.5 Å². The van der Waals surface area contributed by atoms with E-state index in [0.717, 1.165) is 5.56 Å². The molecule has 0 aliphatic carbocycles. The summed E-state index contributed by atoms with van der Waals surface area (Å²) < 4.78 is 0. The van der Waals surface area contributed by atoms with Crippen LogP contribution in [-0.2, 0) is 9.59 Å². The van der Waals surface area contributed by atoms with Crippen LogP contribution in [0.15, 0.2) is 144 Å². The first-order chi connectivity index (χ1) is 22.8. The highest BCUT2D eigenvalue weighted by atomic mass is 35.5. The van der Waals surface area contributed by atoms with Gasteiger partial charge in [0.2, 0.25) is 5.91 Å². The maximum atomic E-state index is 13.6. The Kier molecular flexibility index (Phi) is 10.8. The van der Waals surface area contributed by atoms with E-state index in [-0.39, 0.29) is 17.3 Å². The quantitative estimate of drug-likeness (QED) is 0.0567. The van der Waals surface area contributed by atoms with Crippen LogP contribution in [0.5, 0.6) is 0 Å². The molecule has 0 radical (unpaired) electrons. The molecular formula is C36H27ClN4O5S. The molecule has 1 atom stereocenters. The number of para-hydroxylation sites is 1. The smallest absolute Gasteiger partial charge is 0.272 e. The van der Waals surface area contributed by atoms with E-state index in [2.05, 4.69) is 16.0 Å². The molecular weight excluding hydrogens is 636 g/mol. The van der Waals surface area contributed by atoms with E-state index in [0.29, 0.717) is 32.4 Å². The molecule has 0 fully saturated rings. The van der Waals surface area contributed by atoms with Crippen LogP contribution in [0.4, 0.5) is 17.1 Å². The van der Waals surface area contributed by atoms with Crippen LogP contribution in [0.25, 0.3) is 6.08 Å². The van der Waals surface area contributed by atoms with Gasteiger partial charge in [-0.15, -0.1) is 11.8 Å². The van der Waals surface area contributed by atoms with Crippen LogP contribution in [0, 0.1) is 10.1 Å². The molecule has 0 aliphatic heterocycles. The molecule has 9 nitrogen and oxygen atoms in total. The second kappa shape index (κ2) is 15.5. The zero-order valence-electron chi connectivity index (χ0n) is 24.6. The van der Waals surface area contributed by atoms with Crippen LogP contribution in [0.3, 0.4) is 0 Å². The van der Waals surface area contributed by atoms with Crippen molar-refractivity contribution >= 4 is 64.2 Å². The summed E-state index contributed by atoms with van der Waals surface area (Å²) in [5, 5.41) is 19.2. The van der Waals surface area contributed by atoms with Crippen molar-refractivity contribution in [3.8, 4) is 0 Å². The molecule has 5 aromatic rings. The number of nitrogens with one attached hydrogen (secondary N) is 3. The molecule has 3 amide bonds. The highest BCUT2D eigenvalue weighted by molar-refractivity contribution is 8.00. The highest BCUT2D eigenvalue weighted by Crippen LogP contribution is 2.37. The lowest BCUT2D eigenvalue weighted by Gasteiger charge is -2.18. The number of hydrogen-bond donors (Lipinski definition) is 3. The van der Waals surface area contributed by atoms with Crippen molar-refractivity contribution < 1.29 is 19.3 Å². The van der Waals surface area contributed by atoms with Gasteiger partial charge in [-0.25, -0.2) is 0 Å². The first kappa shape index (κ1) is 32.7. The van der Waals surface area contributed by atoms with E-state index in [1.54, 1.807) is 72.8 Å². The van der Waals surface area contributed by atoms with Gasteiger partial charge in [0.05, 0.1) is 15.6 Å². The third kappa shape index (κ3) is 8.94. The fraction of sp³-hybridized carbons (Fsp3) is 0.0278. The topological polar surface area (TPSA) is 130 Å². The summed E-state index contributed by atoms with van der Waals surface area (Å²) in [5.74, 6) is -1.40. The minimum absolute atomic E-state index is 0.0768. The van der Waals surface area contributed by atoms with Crippen LogP contribution in [0.2, 0.25) is 5.02 Å². The van der Waals surface area contributed by atoms with Crippen molar-refractivity contribution in [1.29, 1.82) is 0 Å². The van der Waals surface area contributed by atoms with E-state index in [4.69, 9.17) is 11.6 Å². The summed E-state index contributed by atoms with van der Waals surface area (Å²) in [6, 6.07) is 37.2. The third-order valence-corrected chi connectivity index (χ3v) is 8.34. The Morgan fingerprint density at radius 3 is 2.11 bits per heavy atom. The van der Waals surface area contributed by atoms with Crippen molar-refractivity contribution in [3.05, 3.63) is 171 Å². The predicted molar refractivity (Wildman–Crippen MR) is 185 cm³/mol. The maximum absolute atomic E-state index is 13.6. The van der Waals surface area contributed by atoms with Gasteiger partial charge in [-0.3, -0.25) is 24.5 Å². The normalized spacial score (nSPS) is 11.6. The summed E-state index contributed by atoms with van der Waals surface area (Å²) in [5.41, 5.74) is 2.31. The van der Waals surface area contributed by atoms with E-state index >= 15 is 0 Å². The molecule has 1 unspecified atom stereocenters. The molecule has 47 heavy (non-hydrogen) atoms. The van der Waals surface area contributed by atoms with E-state index in [9.17, 15) is 24.5 Å². The van der Waals surface area contributed by atoms with Gasteiger partial charge >= 0.3 is 0 Å². The number of anilines is 2. The standard InChI is InChI=1S/C36H27ClN4O5S/c37-30-16-7-8-17-31(30)39-36(44)33(25-10-3-1-4-11-25)47-29-15-9-14-27(23-29)38-35(43)32(40-34(42)26-12-5-2-6-13-26)22-24-18-20-28(21-19-24)41(45)46/h1-23,33H,(H,38,43)(H,39,44)(H,40,42)/b32-22+. The third-order valence-electron chi connectivity index (χ3n) is 6.76.